The number of benzene rings is 2. The lowest BCUT2D eigenvalue weighted by Gasteiger charge is -2.22. The fraction of sp³-hybridized carbons (Fsp3) is 0.222. The molecular formula is C18H16F2N2O3. The molecule has 0 radical (unpaired) electrons. The van der Waals surface area contributed by atoms with Gasteiger partial charge in [-0.15, -0.1) is 0 Å². The highest BCUT2D eigenvalue weighted by molar-refractivity contribution is 6.07. The standard InChI is InChI=1S/C18H16F2N2O3/c1-18(12-6-8-13(25-2)9-7-12)16(23)22(17(24)21-18)10-11-4-3-5-14(19)15(11)20/h3-9H,10H2,1-2H3,(H,21,24). The van der Waals surface area contributed by atoms with Crippen LogP contribution in [-0.4, -0.2) is 23.9 Å². The van der Waals surface area contributed by atoms with Crippen molar-refractivity contribution in [1.29, 1.82) is 0 Å². The van der Waals surface area contributed by atoms with E-state index in [0.717, 1.165) is 11.0 Å². The third-order valence-corrected chi connectivity index (χ3v) is 4.30. The number of rotatable bonds is 4. The van der Waals surface area contributed by atoms with Crippen molar-refractivity contribution in [3.63, 3.8) is 0 Å². The molecule has 0 aromatic heterocycles. The largest absolute Gasteiger partial charge is 0.497 e. The number of ether oxygens (including phenoxy) is 1. The van der Waals surface area contributed by atoms with Gasteiger partial charge >= 0.3 is 6.03 Å². The third-order valence-electron chi connectivity index (χ3n) is 4.30. The summed E-state index contributed by atoms with van der Waals surface area (Å²) in [6.45, 7) is 1.22. The number of amides is 3. The van der Waals surface area contributed by atoms with Gasteiger partial charge in [0.25, 0.3) is 5.91 Å². The summed E-state index contributed by atoms with van der Waals surface area (Å²) in [5.74, 6) is -2.02. The summed E-state index contributed by atoms with van der Waals surface area (Å²) in [7, 11) is 1.52. The number of hydrogen-bond donors (Lipinski definition) is 1. The summed E-state index contributed by atoms with van der Waals surface area (Å²) in [4.78, 5) is 25.9. The first-order valence-electron chi connectivity index (χ1n) is 7.58. The normalized spacial score (nSPS) is 19.9. The van der Waals surface area contributed by atoms with Crippen molar-refractivity contribution in [2.75, 3.05) is 7.11 Å². The number of hydrogen-bond acceptors (Lipinski definition) is 3. The monoisotopic (exact) mass is 346 g/mol. The minimum absolute atomic E-state index is 0.0671. The molecule has 1 aliphatic heterocycles. The quantitative estimate of drug-likeness (QED) is 0.866. The van der Waals surface area contributed by atoms with Crippen LogP contribution in [0.3, 0.4) is 0 Å². The van der Waals surface area contributed by atoms with Crippen LogP contribution >= 0.6 is 0 Å². The van der Waals surface area contributed by atoms with Crippen LogP contribution in [0.1, 0.15) is 18.1 Å². The van der Waals surface area contributed by atoms with Gasteiger partial charge in [-0.1, -0.05) is 24.3 Å². The second-order valence-corrected chi connectivity index (χ2v) is 5.89. The van der Waals surface area contributed by atoms with E-state index in [1.54, 1.807) is 31.2 Å². The van der Waals surface area contributed by atoms with Crippen molar-refractivity contribution < 1.29 is 23.1 Å². The molecule has 3 rings (SSSR count). The molecule has 7 heteroatoms. The number of nitrogens with one attached hydrogen (secondary N) is 1. The van der Waals surface area contributed by atoms with E-state index in [1.807, 2.05) is 0 Å². The van der Waals surface area contributed by atoms with Crippen LogP contribution in [-0.2, 0) is 16.9 Å². The van der Waals surface area contributed by atoms with Crippen molar-refractivity contribution in [2.45, 2.75) is 19.0 Å². The average Bonchev–Trinajstić information content (AvgIpc) is 2.83. The molecule has 1 unspecified atom stereocenters. The van der Waals surface area contributed by atoms with E-state index in [1.165, 1.54) is 19.2 Å². The predicted octanol–water partition coefficient (Wildman–Crippen LogP) is 2.94. The third kappa shape index (κ3) is 2.82. The van der Waals surface area contributed by atoms with Gasteiger partial charge in [0.05, 0.1) is 13.7 Å². The molecule has 0 spiro atoms. The number of carbonyl (C=O) groups excluding carboxylic acids is 2. The van der Waals surface area contributed by atoms with Crippen LogP contribution in [0.4, 0.5) is 13.6 Å². The zero-order valence-corrected chi connectivity index (χ0v) is 13.7. The van der Waals surface area contributed by atoms with Gasteiger partial charge in [0.2, 0.25) is 0 Å². The SMILES string of the molecule is COc1ccc(C2(C)NC(=O)N(Cc3cccc(F)c3F)C2=O)cc1. The Morgan fingerprint density at radius 1 is 1.12 bits per heavy atom. The van der Waals surface area contributed by atoms with Gasteiger partial charge in [-0.05, 0) is 30.7 Å². The Balaban J connectivity index is 1.89. The maximum Gasteiger partial charge on any atom is 0.325 e. The zero-order chi connectivity index (χ0) is 18.2. The van der Waals surface area contributed by atoms with E-state index < -0.39 is 29.1 Å². The molecule has 1 N–H and O–H groups in total. The molecule has 3 amide bonds. The van der Waals surface area contributed by atoms with Gasteiger partial charge in [-0.3, -0.25) is 9.69 Å². The molecule has 0 saturated carbocycles. The number of methoxy groups -OCH3 is 1. The first kappa shape index (κ1) is 16.9. The Hall–Kier alpha value is -2.96. The van der Waals surface area contributed by atoms with Crippen LogP contribution in [0, 0.1) is 11.6 Å². The highest BCUT2D eigenvalue weighted by Gasteiger charge is 2.49. The summed E-state index contributed by atoms with van der Waals surface area (Å²) in [5.41, 5.74) is -0.788. The summed E-state index contributed by atoms with van der Waals surface area (Å²) >= 11 is 0. The van der Waals surface area contributed by atoms with Crippen LogP contribution in [0.15, 0.2) is 42.5 Å². The van der Waals surface area contributed by atoms with Crippen LogP contribution in [0.2, 0.25) is 0 Å². The molecule has 1 heterocycles. The van der Waals surface area contributed by atoms with Crippen LogP contribution in [0.25, 0.3) is 0 Å². The number of halogens is 2. The smallest absolute Gasteiger partial charge is 0.325 e. The molecule has 0 aliphatic carbocycles. The molecule has 5 nitrogen and oxygen atoms in total. The van der Waals surface area contributed by atoms with E-state index in [9.17, 15) is 18.4 Å². The van der Waals surface area contributed by atoms with E-state index in [-0.39, 0.29) is 12.1 Å². The molecule has 130 valence electrons. The van der Waals surface area contributed by atoms with Gasteiger partial charge in [0.1, 0.15) is 11.3 Å². The predicted molar refractivity (Wildman–Crippen MR) is 85.8 cm³/mol. The molecule has 1 atom stereocenters. The Labute approximate surface area is 143 Å². The Bertz CT molecular complexity index is 839. The van der Waals surface area contributed by atoms with Gasteiger partial charge in [-0.25, -0.2) is 13.6 Å². The van der Waals surface area contributed by atoms with Gasteiger partial charge in [0, 0.05) is 5.56 Å². The van der Waals surface area contributed by atoms with Crippen LogP contribution in [0.5, 0.6) is 5.75 Å². The second-order valence-electron chi connectivity index (χ2n) is 5.89. The average molecular weight is 346 g/mol. The highest BCUT2D eigenvalue weighted by atomic mass is 19.2. The highest BCUT2D eigenvalue weighted by Crippen LogP contribution is 2.31. The number of imide groups is 1. The minimum Gasteiger partial charge on any atom is -0.497 e. The molecule has 0 bridgehead atoms. The van der Waals surface area contributed by atoms with E-state index in [2.05, 4.69) is 5.32 Å². The van der Waals surface area contributed by atoms with Crippen molar-refractivity contribution in [1.82, 2.24) is 10.2 Å². The Morgan fingerprint density at radius 2 is 1.80 bits per heavy atom. The second kappa shape index (κ2) is 6.16. The van der Waals surface area contributed by atoms with Gasteiger partial charge in [-0.2, -0.15) is 0 Å². The van der Waals surface area contributed by atoms with Crippen LogP contribution < -0.4 is 10.1 Å². The van der Waals surface area contributed by atoms with Crippen molar-refractivity contribution in [3.05, 3.63) is 65.2 Å². The maximum atomic E-state index is 13.8. The first-order valence-corrected chi connectivity index (χ1v) is 7.58. The number of carbonyl (C=O) groups is 2. The van der Waals surface area contributed by atoms with E-state index in [4.69, 9.17) is 4.74 Å². The molecule has 1 aliphatic rings. The fourth-order valence-corrected chi connectivity index (χ4v) is 2.80. The molecule has 1 fully saturated rings. The van der Waals surface area contributed by atoms with Gasteiger partial charge < -0.3 is 10.1 Å². The molecule has 25 heavy (non-hydrogen) atoms. The summed E-state index contributed by atoms with van der Waals surface area (Å²) in [6.07, 6.45) is 0. The lowest BCUT2D eigenvalue weighted by Crippen LogP contribution is -2.40. The minimum atomic E-state index is -1.28. The van der Waals surface area contributed by atoms with E-state index >= 15 is 0 Å². The topological polar surface area (TPSA) is 58.6 Å². The van der Waals surface area contributed by atoms with Crippen molar-refractivity contribution >= 4 is 11.9 Å². The van der Waals surface area contributed by atoms with E-state index in [0.29, 0.717) is 11.3 Å². The molecule has 2 aromatic carbocycles. The van der Waals surface area contributed by atoms with Crippen molar-refractivity contribution in [3.8, 4) is 5.75 Å². The lowest BCUT2D eigenvalue weighted by atomic mass is 9.92. The summed E-state index contributed by atoms with van der Waals surface area (Å²) < 4.78 is 32.3. The summed E-state index contributed by atoms with van der Waals surface area (Å²) in [6, 6.07) is 9.67. The molecule has 2 aromatic rings. The first-order chi connectivity index (χ1) is 11.9. The van der Waals surface area contributed by atoms with Crippen molar-refractivity contribution in [2.24, 2.45) is 0 Å². The summed E-state index contributed by atoms with van der Waals surface area (Å²) in [5, 5.41) is 2.62. The maximum absolute atomic E-state index is 13.8. The molecule has 1 saturated heterocycles. The van der Waals surface area contributed by atoms with Gasteiger partial charge in [0.15, 0.2) is 11.6 Å². The zero-order valence-electron chi connectivity index (χ0n) is 13.7. The fourth-order valence-electron chi connectivity index (χ4n) is 2.80. The lowest BCUT2D eigenvalue weighted by molar-refractivity contribution is -0.131. The number of urea groups is 1. The molecular weight excluding hydrogens is 330 g/mol. The number of nitrogens with zero attached hydrogens (tertiary/aromatic N) is 1. The Kier molecular flexibility index (Phi) is 4.16. The Morgan fingerprint density at radius 3 is 2.44 bits per heavy atom.